The molecule has 0 aliphatic rings. The van der Waals surface area contributed by atoms with Gasteiger partial charge in [-0.25, -0.2) is 13.4 Å². The second kappa shape index (κ2) is 9.34. The molecular weight excluding hydrogens is 384 g/mol. The van der Waals surface area contributed by atoms with E-state index in [2.05, 4.69) is 45.6 Å². The number of sulfonamides is 1. The highest BCUT2D eigenvalue weighted by atomic mass is 32.2. The molecule has 0 aliphatic carbocycles. The van der Waals surface area contributed by atoms with Crippen LogP contribution in [0.1, 0.15) is 19.4 Å². The molecule has 7 heteroatoms. The average molecular weight is 409 g/mol. The first kappa shape index (κ1) is 20.5. The molecule has 1 aromatic heterocycles. The fraction of sp³-hybridized carbons (Fsp3) is 0.182. The topological polar surface area (TPSA) is 74.7 Å². The molecule has 0 saturated carbocycles. The van der Waals surface area contributed by atoms with Crippen LogP contribution in [-0.2, 0) is 10.0 Å². The van der Waals surface area contributed by atoms with Gasteiger partial charge in [0.15, 0.2) is 0 Å². The van der Waals surface area contributed by atoms with Crippen molar-refractivity contribution in [3.05, 3.63) is 78.5 Å². The Morgan fingerprint density at radius 1 is 0.966 bits per heavy atom. The van der Waals surface area contributed by atoms with E-state index in [9.17, 15) is 8.42 Å². The molecule has 0 atom stereocenters. The van der Waals surface area contributed by atoms with Gasteiger partial charge in [0.2, 0.25) is 0 Å². The minimum Gasteiger partial charge on any atom is -0.372 e. The van der Waals surface area contributed by atoms with E-state index in [1.165, 1.54) is 24.0 Å². The Morgan fingerprint density at radius 2 is 1.66 bits per heavy atom. The number of anilines is 2. The third-order valence-corrected chi connectivity index (χ3v) is 5.81. The molecule has 0 aliphatic heterocycles. The van der Waals surface area contributed by atoms with Gasteiger partial charge in [-0.05, 0) is 67.9 Å². The number of pyridine rings is 1. The van der Waals surface area contributed by atoms with E-state index in [-0.39, 0.29) is 10.7 Å². The van der Waals surface area contributed by atoms with Gasteiger partial charge in [-0.1, -0.05) is 18.2 Å². The summed E-state index contributed by atoms with van der Waals surface area (Å²) in [5.74, 6) is 0.280. The van der Waals surface area contributed by atoms with Crippen molar-refractivity contribution in [2.24, 2.45) is 4.99 Å². The van der Waals surface area contributed by atoms with Gasteiger partial charge in [0, 0.05) is 31.2 Å². The fourth-order valence-corrected chi connectivity index (χ4v) is 3.85. The van der Waals surface area contributed by atoms with Gasteiger partial charge in [0.25, 0.3) is 10.0 Å². The van der Waals surface area contributed by atoms with E-state index >= 15 is 0 Å². The molecule has 29 heavy (non-hydrogen) atoms. The lowest BCUT2D eigenvalue weighted by Crippen LogP contribution is -2.21. The van der Waals surface area contributed by atoms with Crippen LogP contribution in [0.3, 0.4) is 0 Å². The van der Waals surface area contributed by atoms with Crippen molar-refractivity contribution in [1.82, 2.24) is 4.98 Å². The van der Waals surface area contributed by atoms with Gasteiger partial charge in [-0.2, -0.15) is 0 Å². The van der Waals surface area contributed by atoms with Crippen molar-refractivity contribution < 1.29 is 8.42 Å². The molecule has 3 rings (SSSR count). The van der Waals surface area contributed by atoms with E-state index in [4.69, 9.17) is 0 Å². The molecule has 150 valence electrons. The zero-order valence-electron chi connectivity index (χ0n) is 16.5. The van der Waals surface area contributed by atoms with E-state index < -0.39 is 10.0 Å². The van der Waals surface area contributed by atoms with Crippen molar-refractivity contribution in [1.29, 1.82) is 0 Å². The number of aromatic nitrogens is 1. The minimum absolute atomic E-state index is 0.158. The van der Waals surface area contributed by atoms with E-state index in [0.29, 0.717) is 5.69 Å². The Labute approximate surface area is 172 Å². The zero-order chi connectivity index (χ0) is 20.7. The molecule has 0 unspecified atom stereocenters. The molecule has 1 N–H and O–H groups in total. The van der Waals surface area contributed by atoms with E-state index in [1.54, 1.807) is 36.5 Å². The van der Waals surface area contributed by atoms with Gasteiger partial charge >= 0.3 is 0 Å². The Bertz CT molecular complexity index is 1040. The molecule has 2 aromatic carbocycles. The van der Waals surface area contributed by atoms with Crippen LogP contribution in [0.25, 0.3) is 0 Å². The van der Waals surface area contributed by atoms with E-state index in [1.807, 2.05) is 12.1 Å². The standard InChI is InChI=1S/C22H24N4O2S/c1-3-26(4-2)20-12-8-18(9-13-20)17-24-19-10-14-21(15-11-19)29(27,28)25-22-7-5-6-16-23-22/h5-17H,3-4H2,1-2H3,(H,23,25). The van der Waals surface area contributed by atoms with Crippen molar-refractivity contribution in [3.8, 4) is 0 Å². The minimum atomic E-state index is -3.68. The Hall–Kier alpha value is -3.19. The van der Waals surface area contributed by atoms with Crippen LogP contribution in [0, 0.1) is 0 Å². The van der Waals surface area contributed by atoms with Gasteiger partial charge in [-0.3, -0.25) is 9.71 Å². The summed E-state index contributed by atoms with van der Waals surface area (Å²) < 4.78 is 27.3. The number of nitrogens with one attached hydrogen (secondary N) is 1. The third kappa shape index (κ3) is 5.42. The molecule has 0 bridgehead atoms. The average Bonchev–Trinajstić information content (AvgIpc) is 2.75. The first-order chi connectivity index (χ1) is 14.0. The van der Waals surface area contributed by atoms with Crippen molar-refractivity contribution in [3.63, 3.8) is 0 Å². The normalized spacial score (nSPS) is 11.5. The smallest absolute Gasteiger partial charge is 0.263 e. The lowest BCUT2D eigenvalue weighted by molar-refractivity contribution is 0.601. The highest BCUT2D eigenvalue weighted by Gasteiger charge is 2.14. The Morgan fingerprint density at radius 3 is 2.24 bits per heavy atom. The second-order valence-corrected chi connectivity index (χ2v) is 8.02. The van der Waals surface area contributed by atoms with Crippen LogP contribution in [-0.4, -0.2) is 32.7 Å². The van der Waals surface area contributed by atoms with Crippen molar-refractivity contribution in [2.45, 2.75) is 18.7 Å². The van der Waals surface area contributed by atoms with Gasteiger partial charge in [0.1, 0.15) is 5.82 Å². The molecule has 1 heterocycles. The van der Waals surface area contributed by atoms with Crippen LogP contribution < -0.4 is 9.62 Å². The summed E-state index contributed by atoms with van der Waals surface area (Å²) in [7, 11) is -3.68. The summed E-state index contributed by atoms with van der Waals surface area (Å²) in [5.41, 5.74) is 2.84. The number of hydrogen-bond donors (Lipinski definition) is 1. The van der Waals surface area contributed by atoms with Crippen molar-refractivity contribution in [2.75, 3.05) is 22.7 Å². The monoisotopic (exact) mass is 408 g/mol. The number of benzene rings is 2. The van der Waals surface area contributed by atoms with Crippen LogP contribution in [0.4, 0.5) is 17.2 Å². The predicted molar refractivity (Wildman–Crippen MR) is 119 cm³/mol. The lowest BCUT2D eigenvalue weighted by Gasteiger charge is -2.20. The summed E-state index contributed by atoms with van der Waals surface area (Å²) in [6.07, 6.45) is 3.30. The van der Waals surface area contributed by atoms with Gasteiger partial charge in [0.05, 0.1) is 10.6 Å². The summed E-state index contributed by atoms with van der Waals surface area (Å²) in [6, 6.07) is 19.6. The molecule has 0 spiro atoms. The highest BCUT2D eigenvalue weighted by molar-refractivity contribution is 7.92. The fourth-order valence-electron chi connectivity index (χ4n) is 2.84. The summed E-state index contributed by atoms with van der Waals surface area (Å²) >= 11 is 0. The maximum Gasteiger partial charge on any atom is 0.263 e. The van der Waals surface area contributed by atoms with Crippen LogP contribution >= 0.6 is 0 Å². The third-order valence-electron chi connectivity index (χ3n) is 4.44. The number of rotatable bonds is 8. The maximum atomic E-state index is 12.4. The van der Waals surface area contributed by atoms with Gasteiger partial charge < -0.3 is 4.90 Å². The summed E-state index contributed by atoms with van der Waals surface area (Å²) in [4.78, 5) is 10.8. The molecule has 0 fully saturated rings. The number of hydrogen-bond acceptors (Lipinski definition) is 5. The molecule has 0 saturated heterocycles. The van der Waals surface area contributed by atoms with Crippen LogP contribution in [0.15, 0.2) is 82.8 Å². The van der Waals surface area contributed by atoms with E-state index in [0.717, 1.165) is 18.7 Å². The number of aliphatic imine (C=N–C) groups is 1. The van der Waals surface area contributed by atoms with Crippen LogP contribution in [0.5, 0.6) is 0 Å². The quantitative estimate of drug-likeness (QED) is 0.558. The summed E-state index contributed by atoms with van der Waals surface area (Å²) in [5, 5.41) is 0. The maximum absolute atomic E-state index is 12.4. The Balaban J connectivity index is 1.68. The first-order valence-corrected chi connectivity index (χ1v) is 10.9. The zero-order valence-corrected chi connectivity index (χ0v) is 17.3. The molecule has 0 amide bonds. The number of nitrogens with zero attached hydrogens (tertiary/aromatic N) is 3. The predicted octanol–water partition coefficient (Wildman–Crippen LogP) is 4.48. The molecule has 6 nitrogen and oxygen atoms in total. The highest BCUT2D eigenvalue weighted by Crippen LogP contribution is 2.19. The van der Waals surface area contributed by atoms with Gasteiger partial charge in [-0.15, -0.1) is 0 Å². The molecule has 3 aromatic rings. The van der Waals surface area contributed by atoms with Crippen LogP contribution in [0.2, 0.25) is 0 Å². The summed E-state index contributed by atoms with van der Waals surface area (Å²) in [6.45, 7) is 6.20. The largest absolute Gasteiger partial charge is 0.372 e. The second-order valence-electron chi connectivity index (χ2n) is 6.34. The first-order valence-electron chi connectivity index (χ1n) is 9.45. The molecular formula is C22H24N4O2S. The molecule has 0 radical (unpaired) electrons. The van der Waals surface area contributed by atoms with Crippen molar-refractivity contribution >= 4 is 33.4 Å². The SMILES string of the molecule is CCN(CC)c1ccc(C=Nc2ccc(S(=O)(=O)Nc3ccccn3)cc2)cc1. The lowest BCUT2D eigenvalue weighted by atomic mass is 10.2. The Kier molecular flexibility index (Phi) is 6.61.